The second kappa shape index (κ2) is 20.9. The highest BCUT2D eigenvalue weighted by molar-refractivity contribution is 5.96. The molecule has 0 saturated carbocycles. The van der Waals surface area contributed by atoms with Gasteiger partial charge in [0.1, 0.15) is 18.1 Å². The van der Waals surface area contributed by atoms with Crippen LogP contribution < -0.4 is 9.47 Å². The highest BCUT2D eigenvalue weighted by atomic mass is 16.6. The fourth-order valence-corrected chi connectivity index (χ4v) is 5.93. The minimum Gasteiger partial charge on any atom is -0.497 e. The summed E-state index contributed by atoms with van der Waals surface area (Å²) in [5.74, 6) is -10.2. The van der Waals surface area contributed by atoms with Crippen LogP contribution in [0.1, 0.15) is 55.2 Å². The number of aliphatic hydroxyl groups is 1. The van der Waals surface area contributed by atoms with E-state index < -0.39 is 72.7 Å². The standard InChI is InChI=1S/C27H28N2O4.C12H14O13/c1-32-24-13-9-22(10-14-24)26(21-7-3-2-4-8-21)27(29(30)31)23-11-15-25(16-12-23)33-20-19-28-17-5-6-18-28;13-5(14)1-11(24,9(20)21)4-8(19)25-12(10(22)23,2-6(15)16)3-7(17)18/h2-4,7-16H,5-6,17-20H2,1H3;24H,1-4H2,(H,13,14)(H,15,16)(H,17,18)(H,20,21)(H,22,23). The summed E-state index contributed by atoms with van der Waals surface area (Å²) >= 11 is 0. The summed E-state index contributed by atoms with van der Waals surface area (Å²) in [5.41, 5.74) is -3.57. The Kier molecular flexibility index (Phi) is 16.4. The number of hydrogen-bond acceptors (Lipinski definition) is 13. The normalized spacial score (nSPS) is 14.0. The lowest BCUT2D eigenvalue weighted by molar-refractivity contribution is -0.374. The van der Waals surface area contributed by atoms with Crippen LogP contribution in [0, 0.1) is 10.1 Å². The van der Waals surface area contributed by atoms with Gasteiger partial charge in [0.25, 0.3) is 5.70 Å². The van der Waals surface area contributed by atoms with E-state index in [1.165, 1.54) is 12.8 Å². The van der Waals surface area contributed by atoms with Gasteiger partial charge in [-0.05, 0) is 73.5 Å². The molecule has 0 aliphatic carbocycles. The van der Waals surface area contributed by atoms with E-state index in [0.29, 0.717) is 29.2 Å². The number of likely N-dealkylation sites (tertiary alicyclic amines) is 1. The lowest BCUT2D eigenvalue weighted by Crippen LogP contribution is -2.49. The molecule has 1 fully saturated rings. The number of aliphatic carboxylic acids is 5. The van der Waals surface area contributed by atoms with Gasteiger partial charge in [0, 0.05) is 6.54 Å². The van der Waals surface area contributed by atoms with Gasteiger partial charge in [0.05, 0.1) is 48.9 Å². The molecule has 19 heteroatoms. The highest BCUT2D eigenvalue weighted by Crippen LogP contribution is 2.34. The van der Waals surface area contributed by atoms with Gasteiger partial charge in [-0.2, -0.15) is 0 Å². The third-order valence-electron chi connectivity index (χ3n) is 8.71. The fraction of sp³-hybridized carbons (Fsp3) is 0.333. The van der Waals surface area contributed by atoms with Crippen molar-refractivity contribution >= 4 is 47.1 Å². The van der Waals surface area contributed by atoms with Crippen LogP contribution in [0.4, 0.5) is 0 Å². The fourth-order valence-electron chi connectivity index (χ4n) is 5.93. The number of esters is 1. The van der Waals surface area contributed by atoms with Gasteiger partial charge in [-0.1, -0.05) is 42.5 Å². The average molecular weight is 811 g/mol. The molecule has 0 spiro atoms. The molecular formula is C39H42N2O17. The van der Waals surface area contributed by atoms with Crippen molar-refractivity contribution in [2.75, 3.05) is 33.4 Å². The van der Waals surface area contributed by atoms with Crippen LogP contribution >= 0.6 is 0 Å². The van der Waals surface area contributed by atoms with E-state index in [9.17, 15) is 44.0 Å². The number of benzene rings is 3. The van der Waals surface area contributed by atoms with Crippen LogP contribution in [0.5, 0.6) is 11.5 Å². The molecule has 1 aliphatic rings. The molecule has 1 saturated heterocycles. The molecule has 4 rings (SSSR count). The Morgan fingerprint density at radius 1 is 0.690 bits per heavy atom. The number of methoxy groups -OCH3 is 1. The summed E-state index contributed by atoms with van der Waals surface area (Å²) in [6, 6.07) is 23.9. The Bertz CT molecular complexity index is 1960. The minimum absolute atomic E-state index is 0.0509. The van der Waals surface area contributed by atoms with Gasteiger partial charge < -0.3 is 44.8 Å². The van der Waals surface area contributed by atoms with Gasteiger partial charge in [0.2, 0.25) is 5.60 Å². The molecule has 0 amide bonds. The number of carboxylic acid groups (broad SMARTS) is 5. The van der Waals surface area contributed by atoms with Crippen molar-refractivity contribution in [3.8, 4) is 11.5 Å². The van der Waals surface area contributed by atoms with Crippen LogP contribution in [-0.4, -0.2) is 121 Å². The van der Waals surface area contributed by atoms with Gasteiger partial charge in [-0.3, -0.25) is 34.2 Å². The molecule has 19 nitrogen and oxygen atoms in total. The maximum absolute atomic E-state index is 12.3. The van der Waals surface area contributed by atoms with Crippen molar-refractivity contribution in [2.45, 2.75) is 49.7 Å². The average Bonchev–Trinajstić information content (AvgIpc) is 3.67. The Morgan fingerprint density at radius 3 is 1.66 bits per heavy atom. The van der Waals surface area contributed by atoms with E-state index >= 15 is 0 Å². The molecular weight excluding hydrogens is 768 g/mol. The van der Waals surface area contributed by atoms with Crippen molar-refractivity contribution in [1.29, 1.82) is 0 Å². The zero-order valence-electron chi connectivity index (χ0n) is 31.1. The quantitative estimate of drug-likeness (QED) is 0.0413. The van der Waals surface area contributed by atoms with E-state index in [0.717, 1.165) is 30.8 Å². The second-order valence-electron chi connectivity index (χ2n) is 13.0. The van der Waals surface area contributed by atoms with Gasteiger partial charge >= 0.3 is 35.8 Å². The van der Waals surface area contributed by atoms with Crippen LogP contribution in [0.3, 0.4) is 0 Å². The van der Waals surface area contributed by atoms with Gasteiger partial charge in [-0.15, -0.1) is 0 Å². The van der Waals surface area contributed by atoms with Gasteiger partial charge in [-0.25, -0.2) is 9.59 Å². The summed E-state index contributed by atoms with van der Waals surface area (Å²) in [6.07, 6.45) is -3.43. The molecule has 0 aromatic heterocycles. The highest BCUT2D eigenvalue weighted by Gasteiger charge is 2.49. The van der Waals surface area contributed by atoms with Crippen LogP contribution in [0.2, 0.25) is 0 Å². The van der Waals surface area contributed by atoms with Crippen molar-refractivity contribution in [2.24, 2.45) is 0 Å². The number of hydrogen-bond donors (Lipinski definition) is 6. The largest absolute Gasteiger partial charge is 0.497 e. The maximum atomic E-state index is 12.3. The van der Waals surface area contributed by atoms with E-state index in [1.807, 2.05) is 54.6 Å². The van der Waals surface area contributed by atoms with Crippen LogP contribution in [-0.2, 0) is 33.5 Å². The van der Waals surface area contributed by atoms with Crippen molar-refractivity contribution in [3.63, 3.8) is 0 Å². The molecule has 3 aromatic rings. The molecule has 1 unspecified atom stereocenters. The second-order valence-corrected chi connectivity index (χ2v) is 13.0. The third-order valence-corrected chi connectivity index (χ3v) is 8.71. The zero-order chi connectivity index (χ0) is 43.0. The molecule has 58 heavy (non-hydrogen) atoms. The first kappa shape index (κ1) is 45.5. The molecule has 310 valence electrons. The van der Waals surface area contributed by atoms with E-state index in [-0.39, 0.29) is 10.6 Å². The number of nitro groups is 1. The predicted molar refractivity (Wildman–Crippen MR) is 200 cm³/mol. The summed E-state index contributed by atoms with van der Waals surface area (Å²) < 4.78 is 15.5. The summed E-state index contributed by atoms with van der Waals surface area (Å²) in [5, 5.41) is 65.8. The molecule has 0 radical (unpaired) electrons. The predicted octanol–water partition coefficient (Wildman–Crippen LogP) is 3.35. The van der Waals surface area contributed by atoms with Crippen molar-refractivity contribution in [1.82, 2.24) is 4.90 Å². The van der Waals surface area contributed by atoms with Crippen molar-refractivity contribution < 1.29 is 78.5 Å². The number of nitrogens with zero attached hydrogens (tertiary/aromatic N) is 2. The monoisotopic (exact) mass is 810 g/mol. The van der Waals surface area contributed by atoms with E-state index in [2.05, 4.69) is 9.64 Å². The molecule has 3 aromatic carbocycles. The van der Waals surface area contributed by atoms with Crippen LogP contribution in [0.15, 0.2) is 78.9 Å². The molecule has 6 N–H and O–H groups in total. The first-order valence-corrected chi connectivity index (χ1v) is 17.5. The molecule has 0 bridgehead atoms. The SMILES string of the molecule is COc1ccc(C(=C(c2ccc(OCCN3CCCC3)cc2)[N+](=O)[O-])c2ccccc2)cc1.O=C(O)CC(O)(CC(=O)OC(CC(=O)O)(CC(=O)O)C(=O)O)C(=O)O. The summed E-state index contributed by atoms with van der Waals surface area (Å²) in [6.45, 7) is 3.77. The number of carbonyl (C=O) groups excluding carboxylic acids is 1. The van der Waals surface area contributed by atoms with Crippen LogP contribution in [0.25, 0.3) is 11.3 Å². The lowest BCUT2D eigenvalue weighted by Gasteiger charge is -2.28. The molecule has 1 aliphatic heterocycles. The Balaban J connectivity index is 0.000000325. The number of ether oxygens (including phenoxy) is 3. The number of rotatable bonds is 20. The number of carboxylic acids is 5. The molecule has 1 atom stereocenters. The lowest BCUT2D eigenvalue weighted by atomic mass is 9.93. The van der Waals surface area contributed by atoms with E-state index in [4.69, 9.17) is 35.0 Å². The minimum atomic E-state index is -3.17. The third kappa shape index (κ3) is 13.1. The Hall–Kier alpha value is -6.86. The number of carbonyl (C=O) groups is 6. The van der Waals surface area contributed by atoms with Gasteiger partial charge in [0.15, 0.2) is 5.60 Å². The molecule has 1 heterocycles. The Morgan fingerprint density at radius 2 is 1.19 bits per heavy atom. The first-order chi connectivity index (χ1) is 27.4. The van der Waals surface area contributed by atoms with Crippen molar-refractivity contribution in [3.05, 3.63) is 106 Å². The topological polar surface area (TPSA) is 298 Å². The first-order valence-electron chi connectivity index (χ1n) is 17.5. The van der Waals surface area contributed by atoms with E-state index in [1.54, 1.807) is 31.4 Å². The Labute approximate surface area is 330 Å². The summed E-state index contributed by atoms with van der Waals surface area (Å²) in [4.78, 5) is 80.3. The summed E-state index contributed by atoms with van der Waals surface area (Å²) in [7, 11) is 1.60. The smallest absolute Gasteiger partial charge is 0.349 e. The maximum Gasteiger partial charge on any atom is 0.349 e. The zero-order valence-corrected chi connectivity index (χ0v) is 31.1.